The maximum Gasteiger partial charge on any atom is 0.148 e. The second-order valence-electron chi connectivity index (χ2n) is 5.21. The SMILES string of the molecule is CCOc1ccc(CCCOc2ccnc3cccnc23)cc1. The van der Waals surface area contributed by atoms with Crippen LogP contribution in [0.1, 0.15) is 18.9 Å². The summed E-state index contributed by atoms with van der Waals surface area (Å²) in [5, 5.41) is 0. The summed E-state index contributed by atoms with van der Waals surface area (Å²) >= 11 is 0. The number of benzene rings is 1. The smallest absolute Gasteiger partial charge is 0.148 e. The van der Waals surface area contributed by atoms with Crippen molar-refractivity contribution in [2.45, 2.75) is 19.8 Å². The number of nitrogens with zero attached hydrogens (tertiary/aromatic N) is 2. The number of hydrogen-bond acceptors (Lipinski definition) is 4. The first-order chi connectivity index (χ1) is 11.4. The molecular formula is C19H20N2O2. The van der Waals surface area contributed by atoms with Crippen LogP contribution in [0, 0.1) is 0 Å². The molecule has 0 aliphatic rings. The van der Waals surface area contributed by atoms with Crippen LogP contribution < -0.4 is 9.47 Å². The van der Waals surface area contributed by atoms with E-state index in [1.807, 2.05) is 37.3 Å². The first kappa shape index (κ1) is 15.3. The number of fused-ring (bicyclic) bond motifs is 1. The molecule has 0 atom stereocenters. The van der Waals surface area contributed by atoms with E-state index in [1.54, 1.807) is 12.4 Å². The molecular weight excluding hydrogens is 288 g/mol. The zero-order valence-corrected chi connectivity index (χ0v) is 13.2. The highest BCUT2D eigenvalue weighted by Gasteiger charge is 2.03. The van der Waals surface area contributed by atoms with E-state index in [0.717, 1.165) is 35.4 Å². The predicted octanol–water partition coefficient (Wildman–Crippen LogP) is 4.04. The lowest BCUT2D eigenvalue weighted by atomic mass is 10.1. The summed E-state index contributed by atoms with van der Waals surface area (Å²) in [6, 6.07) is 13.9. The van der Waals surface area contributed by atoms with Crippen LogP contribution in [0.4, 0.5) is 0 Å². The molecule has 4 heteroatoms. The molecule has 0 bridgehead atoms. The van der Waals surface area contributed by atoms with Gasteiger partial charge in [0.05, 0.1) is 18.7 Å². The fourth-order valence-electron chi connectivity index (χ4n) is 2.45. The van der Waals surface area contributed by atoms with E-state index in [2.05, 4.69) is 22.1 Å². The lowest BCUT2D eigenvalue weighted by molar-refractivity contribution is 0.313. The van der Waals surface area contributed by atoms with Gasteiger partial charge in [-0.1, -0.05) is 12.1 Å². The van der Waals surface area contributed by atoms with E-state index in [9.17, 15) is 0 Å². The van der Waals surface area contributed by atoms with Gasteiger partial charge >= 0.3 is 0 Å². The van der Waals surface area contributed by atoms with Gasteiger partial charge in [-0.25, -0.2) is 0 Å². The Balaban J connectivity index is 1.53. The van der Waals surface area contributed by atoms with Gasteiger partial charge in [0.2, 0.25) is 0 Å². The van der Waals surface area contributed by atoms with E-state index in [4.69, 9.17) is 9.47 Å². The Morgan fingerprint density at radius 2 is 1.78 bits per heavy atom. The molecule has 0 saturated carbocycles. The van der Waals surface area contributed by atoms with Gasteiger partial charge in [0.15, 0.2) is 0 Å². The van der Waals surface area contributed by atoms with Crippen LogP contribution in [0.15, 0.2) is 54.9 Å². The molecule has 23 heavy (non-hydrogen) atoms. The van der Waals surface area contributed by atoms with Gasteiger partial charge in [0.1, 0.15) is 17.0 Å². The molecule has 0 aliphatic heterocycles. The second-order valence-corrected chi connectivity index (χ2v) is 5.21. The summed E-state index contributed by atoms with van der Waals surface area (Å²) in [6.07, 6.45) is 5.44. The minimum atomic E-state index is 0.656. The minimum Gasteiger partial charge on any atom is -0.494 e. The second kappa shape index (κ2) is 7.58. The van der Waals surface area contributed by atoms with E-state index in [0.29, 0.717) is 13.2 Å². The fraction of sp³-hybridized carbons (Fsp3) is 0.263. The highest BCUT2D eigenvalue weighted by Crippen LogP contribution is 2.21. The van der Waals surface area contributed by atoms with Gasteiger partial charge < -0.3 is 9.47 Å². The van der Waals surface area contributed by atoms with Crippen molar-refractivity contribution in [1.82, 2.24) is 9.97 Å². The van der Waals surface area contributed by atoms with E-state index < -0.39 is 0 Å². The number of ether oxygens (including phenoxy) is 2. The molecule has 0 spiro atoms. The summed E-state index contributed by atoms with van der Waals surface area (Å²) in [5.41, 5.74) is 2.96. The Hall–Kier alpha value is -2.62. The summed E-state index contributed by atoms with van der Waals surface area (Å²) < 4.78 is 11.3. The molecule has 4 nitrogen and oxygen atoms in total. The molecule has 1 aromatic carbocycles. The standard InChI is InChI=1S/C19H20N2O2/c1-2-22-16-9-7-15(8-10-16)5-4-14-23-18-11-13-20-17-6-3-12-21-19(17)18/h3,6-13H,2,4-5,14H2,1H3. The highest BCUT2D eigenvalue weighted by molar-refractivity contribution is 5.80. The molecule has 0 N–H and O–H groups in total. The molecule has 2 heterocycles. The van der Waals surface area contributed by atoms with Crippen LogP contribution in [0.2, 0.25) is 0 Å². The summed E-state index contributed by atoms with van der Waals surface area (Å²) in [6.45, 7) is 3.34. The quantitative estimate of drug-likeness (QED) is 0.618. The van der Waals surface area contributed by atoms with E-state index in [-0.39, 0.29) is 0 Å². The van der Waals surface area contributed by atoms with Gasteiger partial charge in [-0.3, -0.25) is 9.97 Å². The van der Waals surface area contributed by atoms with Crippen LogP contribution in [-0.2, 0) is 6.42 Å². The van der Waals surface area contributed by atoms with Crippen molar-refractivity contribution >= 4 is 11.0 Å². The van der Waals surface area contributed by atoms with Crippen molar-refractivity contribution in [3.05, 3.63) is 60.4 Å². The van der Waals surface area contributed by atoms with Gasteiger partial charge in [0, 0.05) is 18.5 Å². The van der Waals surface area contributed by atoms with Crippen LogP contribution in [0.3, 0.4) is 0 Å². The Morgan fingerprint density at radius 3 is 2.61 bits per heavy atom. The Bertz CT molecular complexity index is 751. The molecule has 0 radical (unpaired) electrons. The molecule has 0 fully saturated rings. The van der Waals surface area contributed by atoms with Crippen molar-refractivity contribution in [2.75, 3.05) is 13.2 Å². The van der Waals surface area contributed by atoms with Gasteiger partial charge in [-0.2, -0.15) is 0 Å². The lowest BCUT2D eigenvalue weighted by Gasteiger charge is -2.08. The monoisotopic (exact) mass is 308 g/mol. The van der Waals surface area contributed by atoms with Crippen molar-refractivity contribution < 1.29 is 9.47 Å². The zero-order valence-electron chi connectivity index (χ0n) is 13.2. The van der Waals surface area contributed by atoms with Gasteiger partial charge in [0.25, 0.3) is 0 Å². The number of pyridine rings is 2. The summed E-state index contributed by atoms with van der Waals surface area (Å²) in [7, 11) is 0. The maximum absolute atomic E-state index is 5.88. The molecule has 3 aromatic rings. The lowest BCUT2D eigenvalue weighted by Crippen LogP contribution is -2.01. The largest absolute Gasteiger partial charge is 0.494 e. The summed E-state index contributed by atoms with van der Waals surface area (Å²) in [5.74, 6) is 1.71. The number of aryl methyl sites for hydroxylation is 1. The van der Waals surface area contributed by atoms with Crippen molar-refractivity contribution in [3.63, 3.8) is 0 Å². The Kier molecular flexibility index (Phi) is 5.04. The maximum atomic E-state index is 5.88. The van der Waals surface area contributed by atoms with E-state index >= 15 is 0 Å². The first-order valence-electron chi connectivity index (χ1n) is 7.91. The third-order valence-electron chi connectivity index (χ3n) is 3.56. The Morgan fingerprint density at radius 1 is 0.913 bits per heavy atom. The predicted molar refractivity (Wildman–Crippen MR) is 91.0 cm³/mol. The molecule has 118 valence electrons. The van der Waals surface area contributed by atoms with Crippen molar-refractivity contribution in [2.24, 2.45) is 0 Å². The van der Waals surface area contributed by atoms with Crippen LogP contribution in [0.5, 0.6) is 11.5 Å². The van der Waals surface area contributed by atoms with Crippen molar-refractivity contribution in [3.8, 4) is 11.5 Å². The minimum absolute atomic E-state index is 0.656. The number of rotatable bonds is 7. The number of aromatic nitrogens is 2. The third-order valence-corrected chi connectivity index (χ3v) is 3.56. The normalized spacial score (nSPS) is 10.7. The molecule has 0 unspecified atom stereocenters. The zero-order chi connectivity index (χ0) is 15.9. The van der Waals surface area contributed by atoms with Crippen LogP contribution in [0.25, 0.3) is 11.0 Å². The fourth-order valence-corrected chi connectivity index (χ4v) is 2.45. The molecule has 2 aromatic heterocycles. The average molecular weight is 308 g/mol. The van der Waals surface area contributed by atoms with Crippen LogP contribution >= 0.6 is 0 Å². The molecule has 0 amide bonds. The first-order valence-corrected chi connectivity index (χ1v) is 7.91. The average Bonchev–Trinajstić information content (AvgIpc) is 2.60. The molecule has 0 saturated heterocycles. The van der Waals surface area contributed by atoms with E-state index in [1.165, 1.54) is 5.56 Å². The number of hydrogen-bond donors (Lipinski definition) is 0. The molecule has 0 aliphatic carbocycles. The van der Waals surface area contributed by atoms with Gasteiger partial charge in [-0.15, -0.1) is 0 Å². The highest BCUT2D eigenvalue weighted by atomic mass is 16.5. The Labute approximate surface area is 136 Å². The summed E-state index contributed by atoms with van der Waals surface area (Å²) in [4.78, 5) is 8.63. The van der Waals surface area contributed by atoms with Crippen molar-refractivity contribution in [1.29, 1.82) is 0 Å². The topological polar surface area (TPSA) is 44.2 Å². The third kappa shape index (κ3) is 3.97. The molecule has 3 rings (SSSR count). The van der Waals surface area contributed by atoms with Crippen LogP contribution in [-0.4, -0.2) is 23.2 Å². The van der Waals surface area contributed by atoms with Gasteiger partial charge in [-0.05, 0) is 49.6 Å².